The van der Waals surface area contributed by atoms with Crippen molar-refractivity contribution in [2.24, 2.45) is 0 Å². The number of thiophene rings is 1. The molecule has 1 saturated heterocycles. The van der Waals surface area contributed by atoms with Crippen LogP contribution < -0.4 is 0 Å². The summed E-state index contributed by atoms with van der Waals surface area (Å²) < 4.78 is 6.16. The van der Waals surface area contributed by atoms with E-state index in [1.165, 1.54) is 11.3 Å². The number of nitrogens with zero attached hydrogens (tertiary/aromatic N) is 2. The zero-order valence-electron chi connectivity index (χ0n) is 15.2. The Kier molecular flexibility index (Phi) is 5.05. The average molecular weight is 407 g/mol. The molecule has 0 aromatic carbocycles. The van der Waals surface area contributed by atoms with Gasteiger partial charge in [-0.1, -0.05) is 0 Å². The van der Waals surface area contributed by atoms with Gasteiger partial charge in [-0.2, -0.15) is 0 Å². The molecule has 6 nitrogen and oxygen atoms in total. The van der Waals surface area contributed by atoms with Crippen molar-refractivity contribution < 1.29 is 19.4 Å². The third-order valence-corrected chi connectivity index (χ3v) is 7.54. The molecule has 0 saturated carbocycles. The highest BCUT2D eigenvalue weighted by Gasteiger charge is 2.43. The number of aryl methyl sites for hydroxylation is 2. The van der Waals surface area contributed by atoms with Gasteiger partial charge in [0.2, 0.25) is 5.91 Å². The zero-order valence-corrected chi connectivity index (χ0v) is 16.8. The highest BCUT2D eigenvalue weighted by atomic mass is 32.1. The van der Waals surface area contributed by atoms with E-state index in [0.29, 0.717) is 37.4 Å². The van der Waals surface area contributed by atoms with Crippen LogP contribution in [0.1, 0.15) is 50.1 Å². The predicted octanol–water partition coefficient (Wildman–Crippen LogP) is 3.23. The number of piperidine rings is 1. The summed E-state index contributed by atoms with van der Waals surface area (Å²) in [7, 11) is 0. The molecule has 0 unspecified atom stereocenters. The summed E-state index contributed by atoms with van der Waals surface area (Å²) in [6.07, 6.45) is 3.36. The number of carbonyl (C=O) groups is 2. The molecule has 0 aliphatic carbocycles. The fourth-order valence-corrected chi connectivity index (χ4v) is 5.83. The van der Waals surface area contributed by atoms with Crippen LogP contribution in [0.5, 0.6) is 0 Å². The predicted molar refractivity (Wildman–Crippen MR) is 104 cm³/mol. The Balaban J connectivity index is 1.40. The molecule has 0 radical (unpaired) electrons. The van der Waals surface area contributed by atoms with E-state index in [4.69, 9.17) is 4.74 Å². The lowest BCUT2D eigenvalue weighted by molar-refractivity contribution is -0.140. The molecular weight excluding hydrogens is 384 g/mol. The highest BCUT2D eigenvalue weighted by molar-refractivity contribution is 7.14. The monoisotopic (exact) mass is 406 g/mol. The number of aromatic carboxylic acids is 1. The molecule has 1 spiro atoms. The maximum Gasteiger partial charge on any atom is 0.345 e. The molecule has 1 amide bonds. The number of hydrogen-bond donors (Lipinski definition) is 1. The van der Waals surface area contributed by atoms with Crippen LogP contribution in [0.15, 0.2) is 11.4 Å². The molecule has 4 heterocycles. The minimum absolute atomic E-state index is 0.156. The van der Waals surface area contributed by atoms with E-state index in [9.17, 15) is 14.7 Å². The molecule has 1 fully saturated rings. The molecule has 2 aromatic heterocycles. The Morgan fingerprint density at radius 2 is 2.15 bits per heavy atom. The number of carboxylic acid groups (broad SMARTS) is 1. The largest absolute Gasteiger partial charge is 0.477 e. The lowest BCUT2D eigenvalue weighted by Crippen LogP contribution is -2.47. The quantitative estimate of drug-likeness (QED) is 0.843. The fraction of sp³-hybridized carbons (Fsp3) is 0.526. The van der Waals surface area contributed by atoms with Crippen LogP contribution in [0.2, 0.25) is 0 Å². The van der Waals surface area contributed by atoms with Crippen LogP contribution in [0.25, 0.3) is 0 Å². The summed E-state index contributed by atoms with van der Waals surface area (Å²) in [5.41, 5.74) is 1.66. The van der Waals surface area contributed by atoms with Crippen LogP contribution >= 0.6 is 22.7 Å². The van der Waals surface area contributed by atoms with Gasteiger partial charge in [-0.15, -0.1) is 22.7 Å². The molecule has 1 N–H and O–H groups in total. The van der Waals surface area contributed by atoms with Gasteiger partial charge in [-0.3, -0.25) is 4.79 Å². The van der Waals surface area contributed by atoms with E-state index in [0.717, 1.165) is 40.4 Å². The van der Waals surface area contributed by atoms with Gasteiger partial charge in [0.15, 0.2) is 0 Å². The van der Waals surface area contributed by atoms with E-state index in [1.807, 2.05) is 17.2 Å². The molecule has 2 aliphatic rings. The molecule has 2 aliphatic heterocycles. The van der Waals surface area contributed by atoms with Crippen molar-refractivity contribution in [1.82, 2.24) is 9.88 Å². The summed E-state index contributed by atoms with van der Waals surface area (Å²) >= 11 is 2.94. The van der Waals surface area contributed by atoms with Crippen LogP contribution in [-0.2, 0) is 28.0 Å². The Bertz CT molecular complexity index is 865. The van der Waals surface area contributed by atoms with Gasteiger partial charge in [0.1, 0.15) is 10.5 Å². The van der Waals surface area contributed by atoms with Crippen molar-refractivity contribution in [2.45, 2.75) is 44.6 Å². The first-order valence-electron chi connectivity index (χ1n) is 9.16. The van der Waals surface area contributed by atoms with Crippen molar-refractivity contribution in [3.8, 4) is 0 Å². The van der Waals surface area contributed by atoms with Gasteiger partial charge in [0.25, 0.3) is 0 Å². The first-order valence-corrected chi connectivity index (χ1v) is 10.9. The van der Waals surface area contributed by atoms with Crippen molar-refractivity contribution in [1.29, 1.82) is 0 Å². The Labute approximate surface area is 165 Å². The van der Waals surface area contributed by atoms with Crippen molar-refractivity contribution >= 4 is 34.6 Å². The number of aromatic nitrogens is 1. The van der Waals surface area contributed by atoms with Crippen LogP contribution in [0, 0.1) is 6.92 Å². The van der Waals surface area contributed by atoms with E-state index < -0.39 is 11.6 Å². The molecule has 2 aromatic rings. The number of fused-ring (bicyclic) bond motifs is 2. The number of thiazole rings is 1. The summed E-state index contributed by atoms with van der Waals surface area (Å²) in [5, 5.41) is 12.3. The second-order valence-corrected chi connectivity index (χ2v) is 9.22. The topological polar surface area (TPSA) is 79.7 Å². The van der Waals surface area contributed by atoms with Gasteiger partial charge >= 0.3 is 5.97 Å². The van der Waals surface area contributed by atoms with Gasteiger partial charge in [-0.25, -0.2) is 9.78 Å². The van der Waals surface area contributed by atoms with Crippen LogP contribution in [0.4, 0.5) is 0 Å². The lowest BCUT2D eigenvalue weighted by Gasteiger charge is -2.43. The number of carboxylic acids is 1. The average Bonchev–Trinajstić information content (AvgIpc) is 3.28. The summed E-state index contributed by atoms with van der Waals surface area (Å²) in [4.78, 5) is 31.7. The van der Waals surface area contributed by atoms with Crippen molar-refractivity contribution in [2.75, 3.05) is 19.7 Å². The minimum Gasteiger partial charge on any atom is -0.477 e. The lowest BCUT2D eigenvalue weighted by atomic mass is 9.85. The first-order chi connectivity index (χ1) is 13.0. The van der Waals surface area contributed by atoms with Gasteiger partial charge in [0.05, 0.1) is 17.3 Å². The van der Waals surface area contributed by atoms with Crippen LogP contribution in [0.3, 0.4) is 0 Å². The number of amides is 1. The smallest absolute Gasteiger partial charge is 0.345 e. The maximum atomic E-state index is 12.6. The number of ether oxygens (including phenoxy) is 1. The minimum atomic E-state index is -0.880. The normalized spacial score (nSPS) is 18.5. The van der Waals surface area contributed by atoms with E-state index >= 15 is 0 Å². The number of rotatable bonds is 4. The van der Waals surface area contributed by atoms with E-state index in [-0.39, 0.29) is 5.91 Å². The van der Waals surface area contributed by atoms with E-state index in [2.05, 4.69) is 4.98 Å². The van der Waals surface area contributed by atoms with Crippen molar-refractivity contribution in [3.05, 3.63) is 37.5 Å². The molecule has 27 heavy (non-hydrogen) atoms. The Morgan fingerprint density at radius 3 is 2.81 bits per heavy atom. The van der Waals surface area contributed by atoms with Gasteiger partial charge in [0, 0.05) is 29.8 Å². The molecule has 4 rings (SSSR count). The fourth-order valence-electron chi connectivity index (χ4n) is 3.93. The van der Waals surface area contributed by atoms with Crippen molar-refractivity contribution in [3.63, 3.8) is 0 Å². The van der Waals surface area contributed by atoms with Gasteiger partial charge in [-0.05, 0) is 44.2 Å². The number of likely N-dealkylation sites (tertiary alicyclic amines) is 1. The summed E-state index contributed by atoms with van der Waals surface area (Å²) in [5.74, 6) is -0.724. The SMILES string of the molecule is Cc1nc(CCC(=O)N2CCC3(CC2)OCCc2cc(C(=O)O)sc23)cs1. The molecule has 0 bridgehead atoms. The first kappa shape index (κ1) is 18.6. The Morgan fingerprint density at radius 1 is 1.37 bits per heavy atom. The third-order valence-electron chi connectivity index (χ3n) is 5.37. The standard InChI is InChI=1S/C19H22N2O4S2/c1-12-20-14(11-26-12)2-3-16(22)21-7-5-19(6-8-21)17-13(4-9-25-19)10-15(27-17)18(23)24/h10-11H,2-9H2,1H3,(H,23,24). The number of carbonyl (C=O) groups excluding carboxylic acids is 1. The molecule has 8 heteroatoms. The second kappa shape index (κ2) is 7.33. The zero-order chi connectivity index (χ0) is 19.0. The summed E-state index contributed by atoms with van der Waals surface area (Å²) in [6.45, 7) is 3.88. The van der Waals surface area contributed by atoms with Gasteiger partial charge < -0.3 is 14.7 Å². The molecule has 144 valence electrons. The molecular formula is C19H22N2O4S2. The highest BCUT2D eigenvalue weighted by Crippen LogP contribution is 2.45. The summed E-state index contributed by atoms with van der Waals surface area (Å²) in [6, 6.07) is 1.79. The third kappa shape index (κ3) is 3.66. The second-order valence-electron chi connectivity index (χ2n) is 7.10. The maximum absolute atomic E-state index is 12.6. The number of hydrogen-bond acceptors (Lipinski definition) is 6. The van der Waals surface area contributed by atoms with Crippen LogP contribution in [-0.4, -0.2) is 46.6 Å². The van der Waals surface area contributed by atoms with E-state index in [1.54, 1.807) is 17.4 Å². The Hall–Kier alpha value is -1.77. The molecule has 0 atom stereocenters.